The van der Waals surface area contributed by atoms with Gasteiger partial charge in [0.1, 0.15) is 5.75 Å². The van der Waals surface area contributed by atoms with Gasteiger partial charge in [-0.05, 0) is 48.5 Å². The van der Waals surface area contributed by atoms with E-state index in [9.17, 15) is 16.8 Å². The Labute approximate surface area is 188 Å². The Morgan fingerprint density at radius 1 is 0.935 bits per heavy atom. The second kappa shape index (κ2) is 8.61. The highest BCUT2D eigenvalue weighted by molar-refractivity contribution is 7.96. The lowest BCUT2D eigenvalue weighted by atomic mass is 10.1. The van der Waals surface area contributed by atoms with Crippen molar-refractivity contribution in [3.8, 4) is 5.75 Å². The summed E-state index contributed by atoms with van der Waals surface area (Å²) >= 11 is 5.89. The maximum atomic E-state index is 13.3. The summed E-state index contributed by atoms with van der Waals surface area (Å²) in [7, 11) is -5.62. The highest BCUT2D eigenvalue weighted by Gasteiger charge is 2.48. The van der Waals surface area contributed by atoms with Crippen molar-refractivity contribution in [1.29, 1.82) is 0 Å². The van der Waals surface area contributed by atoms with Gasteiger partial charge in [-0.1, -0.05) is 11.6 Å². The standard InChI is InChI=1S/C21H25ClN2O5S2/c1-29-18-6-4-17(5-7-18)23-10-12-24(13-11-23)20-14-30(25,26)15-21(20)31(27,28)19-8-2-16(22)3-9-19/h2-9,20-21H,10-15H2,1H3/t20-,21-/m0/s1. The molecule has 2 aliphatic rings. The summed E-state index contributed by atoms with van der Waals surface area (Å²) < 4.78 is 56.6. The van der Waals surface area contributed by atoms with Crippen LogP contribution in [0.25, 0.3) is 0 Å². The molecule has 0 spiro atoms. The van der Waals surface area contributed by atoms with Crippen molar-refractivity contribution < 1.29 is 21.6 Å². The fourth-order valence-electron chi connectivity index (χ4n) is 4.34. The van der Waals surface area contributed by atoms with E-state index in [1.807, 2.05) is 29.2 Å². The molecule has 2 heterocycles. The maximum absolute atomic E-state index is 13.3. The third-order valence-corrected chi connectivity index (χ3v) is 10.4. The molecule has 0 bridgehead atoms. The lowest BCUT2D eigenvalue weighted by Gasteiger charge is -2.40. The normalized spacial score (nSPS) is 24.3. The van der Waals surface area contributed by atoms with Crippen LogP contribution in [0.3, 0.4) is 0 Å². The van der Waals surface area contributed by atoms with Crippen LogP contribution >= 0.6 is 11.6 Å². The SMILES string of the molecule is COc1ccc(N2CCN([C@H]3CS(=O)(=O)C[C@@H]3S(=O)(=O)c3ccc(Cl)cc3)CC2)cc1. The van der Waals surface area contributed by atoms with Gasteiger partial charge in [0, 0.05) is 42.9 Å². The minimum Gasteiger partial charge on any atom is -0.497 e. The van der Waals surface area contributed by atoms with Crippen molar-refractivity contribution in [2.75, 3.05) is 49.7 Å². The molecule has 31 heavy (non-hydrogen) atoms. The van der Waals surface area contributed by atoms with E-state index in [2.05, 4.69) is 4.90 Å². The van der Waals surface area contributed by atoms with Crippen molar-refractivity contribution in [2.45, 2.75) is 16.2 Å². The lowest BCUT2D eigenvalue weighted by Crippen LogP contribution is -2.55. The molecule has 0 radical (unpaired) electrons. The average Bonchev–Trinajstić information content (AvgIpc) is 3.10. The van der Waals surface area contributed by atoms with Crippen LogP contribution in [0.2, 0.25) is 5.02 Å². The van der Waals surface area contributed by atoms with Gasteiger partial charge in [0.05, 0.1) is 28.8 Å². The van der Waals surface area contributed by atoms with Gasteiger partial charge in [0.2, 0.25) is 0 Å². The van der Waals surface area contributed by atoms with Crippen LogP contribution in [0.4, 0.5) is 5.69 Å². The fourth-order valence-corrected chi connectivity index (χ4v) is 9.29. The smallest absolute Gasteiger partial charge is 0.183 e. The van der Waals surface area contributed by atoms with Gasteiger partial charge in [-0.25, -0.2) is 16.8 Å². The van der Waals surface area contributed by atoms with Crippen LogP contribution in [0.15, 0.2) is 53.4 Å². The Morgan fingerprint density at radius 2 is 1.55 bits per heavy atom. The van der Waals surface area contributed by atoms with Gasteiger partial charge in [0.25, 0.3) is 0 Å². The summed E-state index contributed by atoms with van der Waals surface area (Å²) in [6, 6.07) is 13.2. The number of benzene rings is 2. The van der Waals surface area contributed by atoms with E-state index in [1.54, 1.807) is 7.11 Å². The lowest BCUT2D eigenvalue weighted by molar-refractivity contribution is 0.201. The molecule has 2 aromatic carbocycles. The number of nitrogens with zero attached hydrogens (tertiary/aromatic N) is 2. The van der Waals surface area contributed by atoms with Crippen molar-refractivity contribution in [1.82, 2.24) is 4.90 Å². The fraction of sp³-hybridized carbons (Fsp3) is 0.429. The molecule has 7 nitrogen and oxygen atoms in total. The van der Waals surface area contributed by atoms with Crippen LogP contribution in [0.5, 0.6) is 5.75 Å². The molecular formula is C21H25ClN2O5S2. The van der Waals surface area contributed by atoms with E-state index in [0.29, 0.717) is 31.2 Å². The van der Waals surface area contributed by atoms with Crippen molar-refractivity contribution in [2.24, 2.45) is 0 Å². The topological polar surface area (TPSA) is 84.0 Å². The molecule has 10 heteroatoms. The first-order valence-electron chi connectivity index (χ1n) is 10.0. The zero-order valence-corrected chi connectivity index (χ0v) is 19.5. The van der Waals surface area contributed by atoms with Gasteiger partial charge < -0.3 is 9.64 Å². The largest absolute Gasteiger partial charge is 0.497 e. The highest BCUT2D eigenvalue weighted by atomic mass is 35.5. The molecule has 2 atom stereocenters. The Hall–Kier alpha value is -1.81. The van der Waals surface area contributed by atoms with E-state index in [1.165, 1.54) is 24.3 Å². The van der Waals surface area contributed by atoms with Crippen molar-refractivity contribution in [3.05, 3.63) is 53.6 Å². The summed E-state index contributed by atoms with van der Waals surface area (Å²) in [4.78, 5) is 4.34. The van der Waals surface area contributed by atoms with Crippen molar-refractivity contribution >= 4 is 37.0 Å². The molecule has 0 aromatic heterocycles. The van der Waals surface area contributed by atoms with Crippen LogP contribution < -0.4 is 9.64 Å². The molecule has 0 saturated carbocycles. The maximum Gasteiger partial charge on any atom is 0.183 e. The Kier molecular flexibility index (Phi) is 6.22. The second-order valence-electron chi connectivity index (χ2n) is 7.90. The summed E-state index contributed by atoms with van der Waals surface area (Å²) in [5, 5.41) is -0.546. The molecule has 0 amide bonds. The first-order valence-corrected chi connectivity index (χ1v) is 13.8. The molecule has 2 fully saturated rings. The van der Waals surface area contributed by atoms with Gasteiger partial charge in [-0.15, -0.1) is 0 Å². The highest BCUT2D eigenvalue weighted by Crippen LogP contribution is 2.31. The quantitative estimate of drug-likeness (QED) is 0.642. The molecule has 0 N–H and O–H groups in total. The van der Waals surface area contributed by atoms with Crippen molar-refractivity contribution in [3.63, 3.8) is 0 Å². The minimum atomic E-state index is -3.81. The van der Waals surface area contributed by atoms with Gasteiger partial charge in [0.15, 0.2) is 19.7 Å². The van der Waals surface area contributed by atoms with Crippen LogP contribution in [-0.2, 0) is 19.7 Å². The summed E-state index contributed by atoms with van der Waals surface area (Å²) in [5.41, 5.74) is 1.06. The number of methoxy groups -OCH3 is 1. The summed E-state index contributed by atoms with van der Waals surface area (Å²) in [6.07, 6.45) is 0. The number of ether oxygens (including phenoxy) is 1. The molecule has 168 valence electrons. The number of halogens is 1. The van der Waals surface area contributed by atoms with Gasteiger partial charge in [-0.3, -0.25) is 4.90 Å². The van der Waals surface area contributed by atoms with E-state index >= 15 is 0 Å². The van der Waals surface area contributed by atoms with E-state index < -0.39 is 31.0 Å². The number of anilines is 1. The zero-order valence-electron chi connectivity index (χ0n) is 17.1. The molecule has 0 unspecified atom stereocenters. The first-order chi connectivity index (χ1) is 14.7. The number of sulfone groups is 2. The molecule has 0 aliphatic carbocycles. The number of rotatable bonds is 5. The molecule has 2 saturated heterocycles. The monoisotopic (exact) mass is 484 g/mol. The predicted molar refractivity (Wildman–Crippen MR) is 122 cm³/mol. The summed E-state index contributed by atoms with van der Waals surface area (Å²) in [6.45, 7) is 2.57. The summed E-state index contributed by atoms with van der Waals surface area (Å²) in [5.74, 6) is 0.308. The minimum absolute atomic E-state index is 0.112. The number of hydrogen-bond donors (Lipinski definition) is 0. The molecule has 2 aliphatic heterocycles. The average molecular weight is 485 g/mol. The predicted octanol–water partition coefficient (Wildman–Crippen LogP) is 2.11. The Balaban J connectivity index is 1.51. The molecule has 4 rings (SSSR count). The number of hydrogen-bond acceptors (Lipinski definition) is 7. The molecular weight excluding hydrogens is 460 g/mol. The number of piperazine rings is 1. The molecule has 2 aromatic rings. The zero-order chi connectivity index (χ0) is 22.2. The third-order valence-electron chi connectivity index (χ3n) is 6.03. The Morgan fingerprint density at radius 3 is 2.13 bits per heavy atom. The van der Waals surface area contributed by atoms with Crippen LogP contribution in [0, 0.1) is 0 Å². The van der Waals surface area contributed by atoms with E-state index in [4.69, 9.17) is 16.3 Å². The van der Waals surface area contributed by atoms with Gasteiger partial charge >= 0.3 is 0 Å². The van der Waals surface area contributed by atoms with Gasteiger partial charge in [-0.2, -0.15) is 0 Å². The van der Waals surface area contributed by atoms with Crippen LogP contribution in [-0.4, -0.2) is 77.8 Å². The Bertz CT molecular complexity index is 1130. The second-order valence-corrected chi connectivity index (χ2v) is 12.7. The van der Waals surface area contributed by atoms with Crippen LogP contribution in [0.1, 0.15) is 0 Å². The van der Waals surface area contributed by atoms with E-state index in [0.717, 1.165) is 11.4 Å². The first kappa shape index (κ1) is 22.4. The van der Waals surface area contributed by atoms with E-state index in [-0.39, 0.29) is 16.4 Å². The third kappa shape index (κ3) is 4.69.